The fourth-order valence-electron chi connectivity index (χ4n) is 1.05. The van der Waals surface area contributed by atoms with Gasteiger partial charge in [0.15, 0.2) is 0 Å². The number of nitrogens with zero attached hydrogens (tertiary/aromatic N) is 2. The van der Waals surface area contributed by atoms with Gasteiger partial charge < -0.3 is 5.73 Å². The van der Waals surface area contributed by atoms with Gasteiger partial charge in [-0.25, -0.2) is 18.4 Å². The number of nitrogen functional groups attached to an aromatic ring is 1. The molecule has 0 aliphatic heterocycles. The van der Waals surface area contributed by atoms with Gasteiger partial charge in [0.25, 0.3) is 0 Å². The van der Waals surface area contributed by atoms with Gasteiger partial charge in [0.1, 0.15) is 20.1 Å². The Bertz CT molecular complexity index is 467. The van der Waals surface area contributed by atoms with Crippen LogP contribution in [-0.2, 0) is 16.3 Å². The topological polar surface area (TPSA) is 85.9 Å². The van der Waals surface area contributed by atoms with E-state index in [4.69, 9.17) is 28.9 Å². The molecule has 1 aromatic rings. The highest BCUT2D eigenvalue weighted by molar-refractivity contribution is 7.91. The van der Waals surface area contributed by atoms with Crippen LogP contribution < -0.4 is 5.73 Å². The summed E-state index contributed by atoms with van der Waals surface area (Å²) < 4.78 is 22.6. The van der Waals surface area contributed by atoms with Crippen LogP contribution in [0.15, 0.2) is 0 Å². The molecule has 90 valence electrons. The zero-order valence-corrected chi connectivity index (χ0v) is 10.9. The number of sulfone groups is 1. The molecule has 0 fully saturated rings. The minimum absolute atomic E-state index is 0.0305. The highest BCUT2D eigenvalue weighted by atomic mass is 35.5. The molecule has 0 saturated carbocycles. The summed E-state index contributed by atoms with van der Waals surface area (Å²) in [6, 6.07) is 0. The van der Waals surface area contributed by atoms with Crippen molar-refractivity contribution < 1.29 is 8.42 Å². The van der Waals surface area contributed by atoms with E-state index in [1.165, 1.54) is 0 Å². The van der Waals surface area contributed by atoms with Crippen molar-refractivity contribution in [3.8, 4) is 0 Å². The van der Waals surface area contributed by atoms with Crippen LogP contribution in [0.3, 0.4) is 0 Å². The summed E-state index contributed by atoms with van der Waals surface area (Å²) in [5, 5.41) is 0.201. The SMILES string of the molecule is CCS(=O)(=O)CCc1c(Cl)nc(N)nc1Cl. The normalized spacial score (nSPS) is 11.7. The van der Waals surface area contributed by atoms with E-state index in [1.807, 2.05) is 0 Å². The molecular formula is C8H11Cl2N3O2S. The van der Waals surface area contributed by atoms with Crippen molar-refractivity contribution in [3.63, 3.8) is 0 Å². The van der Waals surface area contributed by atoms with Gasteiger partial charge >= 0.3 is 0 Å². The summed E-state index contributed by atoms with van der Waals surface area (Å²) in [6.07, 6.45) is 0.189. The van der Waals surface area contributed by atoms with Crippen LogP contribution in [0.2, 0.25) is 10.3 Å². The van der Waals surface area contributed by atoms with Crippen molar-refractivity contribution in [3.05, 3.63) is 15.9 Å². The van der Waals surface area contributed by atoms with Crippen LogP contribution >= 0.6 is 23.2 Å². The maximum Gasteiger partial charge on any atom is 0.222 e. The second kappa shape index (κ2) is 5.16. The minimum Gasteiger partial charge on any atom is -0.368 e. The Labute approximate surface area is 104 Å². The van der Waals surface area contributed by atoms with Crippen LogP contribution in [-0.4, -0.2) is 29.9 Å². The summed E-state index contributed by atoms with van der Waals surface area (Å²) in [6.45, 7) is 1.58. The maximum atomic E-state index is 11.3. The molecule has 1 aromatic heterocycles. The molecule has 0 aliphatic rings. The molecule has 0 radical (unpaired) electrons. The lowest BCUT2D eigenvalue weighted by Crippen LogP contribution is -2.12. The Kier molecular flexibility index (Phi) is 4.35. The number of nitrogens with two attached hydrogens (primary N) is 1. The van der Waals surface area contributed by atoms with Crippen molar-refractivity contribution in [1.82, 2.24) is 9.97 Å². The van der Waals surface area contributed by atoms with Gasteiger partial charge in [-0.15, -0.1) is 0 Å². The average Bonchev–Trinajstić information content (AvgIpc) is 2.16. The van der Waals surface area contributed by atoms with E-state index in [0.717, 1.165) is 0 Å². The lowest BCUT2D eigenvalue weighted by Gasteiger charge is -2.06. The summed E-state index contributed by atoms with van der Waals surface area (Å²) in [7, 11) is -3.07. The molecule has 0 aromatic carbocycles. The van der Waals surface area contributed by atoms with E-state index in [1.54, 1.807) is 6.92 Å². The van der Waals surface area contributed by atoms with Crippen molar-refractivity contribution in [2.45, 2.75) is 13.3 Å². The van der Waals surface area contributed by atoms with E-state index in [2.05, 4.69) is 9.97 Å². The summed E-state index contributed by atoms with van der Waals surface area (Å²) in [5.74, 6) is 0.0194. The Balaban J connectivity index is 2.91. The first kappa shape index (κ1) is 13.5. The highest BCUT2D eigenvalue weighted by Gasteiger charge is 2.14. The number of hydrogen-bond donors (Lipinski definition) is 1. The molecule has 0 unspecified atom stereocenters. The van der Waals surface area contributed by atoms with E-state index >= 15 is 0 Å². The molecule has 0 atom stereocenters. The molecule has 1 heterocycles. The van der Waals surface area contributed by atoms with Gasteiger partial charge in [-0.05, 0) is 6.42 Å². The Morgan fingerprint density at radius 2 is 1.75 bits per heavy atom. The van der Waals surface area contributed by atoms with Crippen molar-refractivity contribution in [1.29, 1.82) is 0 Å². The van der Waals surface area contributed by atoms with E-state index < -0.39 is 9.84 Å². The molecule has 0 bridgehead atoms. The molecule has 1 rings (SSSR count). The first-order valence-electron chi connectivity index (χ1n) is 4.53. The molecule has 0 amide bonds. The van der Waals surface area contributed by atoms with Crippen LogP contribution in [0.1, 0.15) is 12.5 Å². The molecular weight excluding hydrogens is 273 g/mol. The van der Waals surface area contributed by atoms with Crippen LogP contribution in [0.4, 0.5) is 5.95 Å². The molecule has 0 spiro atoms. The first-order chi connectivity index (χ1) is 7.35. The van der Waals surface area contributed by atoms with E-state index in [9.17, 15) is 8.42 Å². The molecule has 2 N–H and O–H groups in total. The number of rotatable bonds is 4. The number of aromatic nitrogens is 2. The summed E-state index contributed by atoms with van der Waals surface area (Å²) >= 11 is 11.6. The largest absolute Gasteiger partial charge is 0.368 e. The maximum absolute atomic E-state index is 11.3. The fraction of sp³-hybridized carbons (Fsp3) is 0.500. The van der Waals surface area contributed by atoms with Gasteiger partial charge in [-0.1, -0.05) is 30.1 Å². The molecule has 0 aliphatic carbocycles. The fourth-order valence-corrected chi connectivity index (χ4v) is 2.45. The van der Waals surface area contributed by atoms with Crippen molar-refractivity contribution in [2.24, 2.45) is 0 Å². The predicted molar refractivity (Wildman–Crippen MR) is 64.5 cm³/mol. The molecule has 8 heteroatoms. The zero-order valence-electron chi connectivity index (χ0n) is 8.57. The van der Waals surface area contributed by atoms with Gasteiger partial charge in [-0.3, -0.25) is 0 Å². The number of hydrogen-bond acceptors (Lipinski definition) is 5. The van der Waals surface area contributed by atoms with Gasteiger partial charge in [0.2, 0.25) is 5.95 Å². The molecule has 5 nitrogen and oxygen atoms in total. The molecule has 16 heavy (non-hydrogen) atoms. The quantitative estimate of drug-likeness (QED) is 0.843. The second-order valence-corrected chi connectivity index (χ2v) is 6.32. The first-order valence-corrected chi connectivity index (χ1v) is 7.11. The zero-order chi connectivity index (χ0) is 12.3. The van der Waals surface area contributed by atoms with E-state index in [-0.39, 0.29) is 34.2 Å². The van der Waals surface area contributed by atoms with Gasteiger partial charge in [0.05, 0.1) is 5.75 Å². The predicted octanol–water partition coefficient (Wildman–Crippen LogP) is 1.34. The monoisotopic (exact) mass is 283 g/mol. The van der Waals surface area contributed by atoms with Crippen molar-refractivity contribution >= 4 is 39.0 Å². The van der Waals surface area contributed by atoms with Crippen LogP contribution in [0.5, 0.6) is 0 Å². The van der Waals surface area contributed by atoms with Crippen LogP contribution in [0, 0.1) is 0 Å². The minimum atomic E-state index is -3.07. The summed E-state index contributed by atoms with van der Waals surface area (Å²) in [4.78, 5) is 7.43. The molecule has 0 saturated heterocycles. The third-order valence-corrected chi connectivity index (χ3v) is 4.36. The Morgan fingerprint density at radius 1 is 1.25 bits per heavy atom. The standard InChI is InChI=1S/C8H11Cl2N3O2S/c1-2-16(14,15)4-3-5-6(9)12-8(11)13-7(5)10/h2-4H2,1H3,(H2,11,12,13). The summed E-state index contributed by atoms with van der Waals surface area (Å²) in [5.41, 5.74) is 5.74. The third kappa shape index (κ3) is 3.47. The van der Waals surface area contributed by atoms with E-state index in [0.29, 0.717) is 5.56 Å². The number of halogens is 2. The highest BCUT2D eigenvalue weighted by Crippen LogP contribution is 2.22. The lowest BCUT2D eigenvalue weighted by molar-refractivity contribution is 0.596. The third-order valence-electron chi connectivity index (χ3n) is 2.03. The smallest absolute Gasteiger partial charge is 0.222 e. The lowest BCUT2D eigenvalue weighted by atomic mass is 10.3. The van der Waals surface area contributed by atoms with Crippen molar-refractivity contribution in [2.75, 3.05) is 17.2 Å². The Morgan fingerprint density at radius 3 is 2.19 bits per heavy atom. The second-order valence-electron chi connectivity index (χ2n) is 3.13. The van der Waals surface area contributed by atoms with Gasteiger partial charge in [-0.2, -0.15) is 0 Å². The van der Waals surface area contributed by atoms with Gasteiger partial charge in [0, 0.05) is 11.3 Å². The average molecular weight is 284 g/mol. The number of anilines is 1. The Hall–Kier alpha value is -0.590. The van der Waals surface area contributed by atoms with Crippen LogP contribution in [0.25, 0.3) is 0 Å².